The molecule has 2 aliphatic rings. The Labute approximate surface area is 213 Å². The van der Waals surface area contributed by atoms with E-state index in [1.807, 2.05) is 35.9 Å². The number of imidazole rings is 1. The van der Waals surface area contributed by atoms with Crippen molar-refractivity contribution in [3.8, 4) is 5.19 Å². The van der Waals surface area contributed by atoms with E-state index < -0.39 is 12.5 Å². The molecule has 0 radical (unpaired) electrons. The topological polar surface area (TPSA) is 71.8 Å². The lowest BCUT2D eigenvalue weighted by Crippen LogP contribution is -2.38. The summed E-state index contributed by atoms with van der Waals surface area (Å²) in [7, 11) is 0. The van der Waals surface area contributed by atoms with Gasteiger partial charge in [0.05, 0.1) is 11.4 Å². The number of aryl methyl sites for hydroxylation is 1. The van der Waals surface area contributed by atoms with Crippen LogP contribution in [-0.2, 0) is 13.0 Å². The molecule has 7 nitrogen and oxygen atoms in total. The van der Waals surface area contributed by atoms with Gasteiger partial charge in [0.2, 0.25) is 0 Å². The zero-order chi connectivity index (χ0) is 25.3. The highest BCUT2D eigenvalue weighted by molar-refractivity contribution is 7.13. The maximum absolute atomic E-state index is 13.1. The Morgan fingerprint density at radius 1 is 1.28 bits per heavy atom. The quantitative estimate of drug-likeness (QED) is 0.462. The molecule has 0 saturated heterocycles. The minimum absolute atomic E-state index is 0.0278. The molecule has 1 aliphatic carbocycles. The molecule has 1 amide bonds. The third kappa shape index (κ3) is 6.21. The number of pyridine rings is 1. The lowest BCUT2D eigenvalue weighted by atomic mass is 9.84. The number of halogens is 2. The van der Waals surface area contributed by atoms with E-state index in [4.69, 9.17) is 4.74 Å². The number of aromatic nitrogens is 3. The third-order valence-corrected chi connectivity index (χ3v) is 8.18. The summed E-state index contributed by atoms with van der Waals surface area (Å²) in [6, 6.07) is 3.90. The Morgan fingerprint density at radius 2 is 2.08 bits per heavy atom. The monoisotopic (exact) mass is 517 g/mol. The number of fused-ring (bicyclic) bond motifs is 2. The highest BCUT2D eigenvalue weighted by Gasteiger charge is 2.27. The molecule has 0 unspecified atom stereocenters. The molecule has 10 heteroatoms. The van der Waals surface area contributed by atoms with Crippen LogP contribution in [0.2, 0.25) is 0 Å². The fraction of sp³-hybridized carbons (Fsp3) is 0.577. The smallest absolute Gasteiger partial charge is 0.278 e. The Bertz CT molecular complexity index is 1210. The van der Waals surface area contributed by atoms with Gasteiger partial charge in [-0.15, -0.1) is 0 Å². The SMILES string of the molecule is Cc1cn2ccc(C(=O)N[C@H]3CC[C@H](CCN4CCc5sc(OCC(C)(F)F)nc5C4)CC3)cc2n1. The molecule has 1 aliphatic heterocycles. The van der Waals surface area contributed by atoms with Gasteiger partial charge in [0, 0.05) is 48.9 Å². The molecule has 0 aromatic carbocycles. The zero-order valence-electron chi connectivity index (χ0n) is 20.8. The first kappa shape index (κ1) is 25.1. The van der Waals surface area contributed by atoms with E-state index in [1.54, 1.807) is 0 Å². The van der Waals surface area contributed by atoms with E-state index in [-0.39, 0.29) is 11.9 Å². The fourth-order valence-corrected chi connectivity index (χ4v) is 6.06. The van der Waals surface area contributed by atoms with E-state index in [9.17, 15) is 13.6 Å². The molecule has 194 valence electrons. The van der Waals surface area contributed by atoms with Crippen LogP contribution < -0.4 is 10.1 Å². The van der Waals surface area contributed by atoms with Gasteiger partial charge in [0.1, 0.15) is 5.65 Å². The van der Waals surface area contributed by atoms with Gasteiger partial charge in [-0.2, -0.15) is 0 Å². The van der Waals surface area contributed by atoms with E-state index >= 15 is 0 Å². The first-order chi connectivity index (χ1) is 17.2. The Hall–Kier alpha value is -2.59. The molecule has 3 aromatic rings. The van der Waals surface area contributed by atoms with E-state index in [0.29, 0.717) is 16.7 Å². The van der Waals surface area contributed by atoms with Crippen LogP contribution in [0.25, 0.3) is 5.65 Å². The first-order valence-electron chi connectivity index (χ1n) is 12.7. The molecule has 4 heterocycles. The largest absolute Gasteiger partial charge is 0.464 e. The first-order valence-corrected chi connectivity index (χ1v) is 13.5. The van der Waals surface area contributed by atoms with Crippen molar-refractivity contribution >= 4 is 22.9 Å². The van der Waals surface area contributed by atoms with Crippen LogP contribution in [-0.4, -0.2) is 56.8 Å². The molecule has 0 bridgehead atoms. The molecule has 1 N–H and O–H groups in total. The maximum Gasteiger partial charge on any atom is 0.278 e. The summed E-state index contributed by atoms with van der Waals surface area (Å²) in [4.78, 5) is 25.2. The molecular formula is C26H33F2N5O2S. The van der Waals surface area contributed by atoms with Gasteiger partial charge >= 0.3 is 0 Å². The van der Waals surface area contributed by atoms with Crippen molar-refractivity contribution in [3.63, 3.8) is 0 Å². The number of ether oxygens (including phenoxy) is 1. The molecule has 1 saturated carbocycles. The second-order valence-electron chi connectivity index (χ2n) is 10.3. The van der Waals surface area contributed by atoms with Gasteiger partial charge in [-0.05, 0) is 70.0 Å². The summed E-state index contributed by atoms with van der Waals surface area (Å²) < 4.78 is 33.3. The Kier molecular flexibility index (Phi) is 7.25. The second-order valence-corrected chi connectivity index (χ2v) is 11.3. The van der Waals surface area contributed by atoms with Gasteiger partial charge in [0.15, 0.2) is 6.61 Å². The predicted molar refractivity (Wildman–Crippen MR) is 135 cm³/mol. The summed E-state index contributed by atoms with van der Waals surface area (Å²) in [5.74, 6) is -2.22. The van der Waals surface area contributed by atoms with Crippen LogP contribution in [0.15, 0.2) is 24.5 Å². The normalized spacial score (nSPS) is 20.9. The van der Waals surface area contributed by atoms with Crippen molar-refractivity contribution in [1.82, 2.24) is 24.6 Å². The molecule has 5 rings (SSSR count). The van der Waals surface area contributed by atoms with Crippen molar-refractivity contribution < 1.29 is 18.3 Å². The van der Waals surface area contributed by atoms with Crippen molar-refractivity contribution in [3.05, 3.63) is 46.4 Å². The number of nitrogens with zero attached hydrogens (tertiary/aromatic N) is 4. The van der Waals surface area contributed by atoms with Crippen LogP contribution in [0, 0.1) is 12.8 Å². The Morgan fingerprint density at radius 3 is 2.86 bits per heavy atom. The van der Waals surface area contributed by atoms with Gasteiger partial charge < -0.3 is 14.5 Å². The van der Waals surface area contributed by atoms with Crippen LogP contribution in [0.4, 0.5) is 8.78 Å². The summed E-state index contributed by atoms with van der Waals surface area (Å²) >= 11 is 1.40. The Balaban J connectivity index is 1.04. The van der Waals surface area contributed by atoms with Crippen LogP contribution >= 0.6 is 11.3 Å². The van der Waals surface area contributed by atoms with Gasteiger partial charge in [0.25, 0.3) is 17.0 Å². The van der Waals surface area contributed by atoms with Crippen molar-refractivity contribution in [2.45, 2.75) is 70.9 Å². The van der Waals surface area contributed by atoms with Gasteiger partial charge in [-0.1, -0.05) is 11.3 Å². The number of alkyl halides is 2. The minimum Gasteiger partial charge on any atom is -0.464 e. The molecule has 1 fully saturated rings. The number of rotatable bonds is 8. The molecule has 3 aromatic heterocycles. The van der Waals surface area contributed by atoms with Crippen LogP contribution in [0.3, 0.4) is 0 Å². The number of carbonyl (C=O) groups excluding carboxylic acids is 1. The zero-order valence-corrected chi connectivity index (χ0v) is 21.6. The molecule has 36 heavy (non-hydrogen) atoms. The van der Waals surface area contributed by atoms with Crippen LogP contribution in [0.5, 0.6) is 5.19 Å². The lowest BCUT2D eigenvalue weighted by Gasteiger charge is -2.32. The molecule has 0 atom stereocenters. The van der Waals surface area contributed by atoms with Gasteiger partial charge in [-0.3, -0.25) is 9.69 Å². The third-order valence-electron chi connectivity index (χ3n) is 7.11. The van der Waals surface area contributed by atoms with Crippen molar-refractivity contribution in [2.75, 3.05) is 19.7 Å². The number of amides is 1. The second kappa shape index (κ2) is 10.4. The standard InChI is InChI=1S/C26H33F2N5O2S/c1-17-14-33-12-8-19(13-23(33)29-17)24(34)30-20-5-3-18(4-6-20)7-10-32-11-9-22-21(15-32)31-25(36-22)35-16-26(2,27)28/h8,12-14,18,20H,3-7,9-11,15-16H2,1-2H3,(H,30,34)/t18-,20-. The molecular weight excluding hydrogens is 484 g/mol. The van der Waals surface area contributed by atoms with E-state index in [1.165, 1.54) is 11.3 Å². The number of hydrogen-bond acceptors (Lipinski definition) is 6. The minimum atomic E-state index is -2.85. The summed E-state index contributed by atoms with van der Waals surface area (Å²) in [6.07, 6.45) is 10.1. The number of hydrogen-bond donors (Lipinski definition) is 1. The average Bonchev–Trinajstić information content (AvgIpc) is 3.42. The van der Waals surface area contributed by atoms with Crippen LogP contribution in [0.1, 0.15) is 65.7 Å². The summed E-state index contributed by atoms with van der Waals surface area (Å²) in [5.41, 5.74) is 3.34. The lowest BCUT2D eigenvalue weighted by molar-refractivity contribution is -0.0230. The summed E-state index contributed by atoms with van der Waals surface area (Å²) in [6.45, 7) is 4.88. The maximum atomic E-state index is 13.1. The number of thiazole rings is 1. The fourth-order valence-electron chi connectivity index (χ4n) is 5.15. The van der Waals surface area contributed by atoms with Crippen molar-refractivity contribution in [1.29, 1.82) is 0 Å². The van der Waals surface area contributed by atoms with Crippen molar-refractivity contribution in [2.24, 2.45) is 5.92 Å². The van der Waals surface area contributed by atoms with Gasteiger partial charge in [-0.25, -0.2) is 18.7 Å². The molecule has 0 spiro atoms. The number of nitrogens with one attached hydrogen (secondary N) is 1. The summed E-state index contributed by atoms with van der Waals surface area (Å²) in [5, 5.41) is 3.56. The highest BCUT2D eigenvalue weighted by Crippen LogP contribution is 2.32. The average molecular weight is 518 g/mol. The van der Waals surface area contributed by atoms with E-state index in [2.05, 4.69) is 20.2 Å². The predicted octanol–water partition coefficient (Wildman–Crippen LogP) is 4.87. The highest BCUT2D eigenvalue weighted by atomic mass is 32.1. The van der Waals surface area contributed by atoms with E-state index in [0.717, 1.165) is 87.0 Å². The number of carbonyl (C=O) groups is 1.